The third kappa shape index (κ3) is 4.59. The number of rotatable bonds is 6. The minimum Gasteiger partial charge on any atom is -0.460 e. The molecule has 1 N–H and O–H groups in total. The number of ether oxygens (including phenoxy) is 1. The van der Waals surface area contributed by atoms with Gasteiger partial charge in [-0.15, -0.1) is 0 Å². The molecule has 1 aromatic carbocycles. The number of imidazole rings is 1. The van der Waals surface area contributed by atoms with Crippen molar-refractivity contribution in [2.24, 2.45) is 0 Å². The van der Waals surface area contributed by atoms with Crippen molar-refractivity contribution in [1.82, 2.24) is 14.9 Å². The van der Waals surface area contributed by atoms with E-state index >= 15 is 0 Å². The lowest BCUT2D eigenvalue weighted by molar-refractivity contribution is -0.138. The van der Waals surface area contributed by atoms with E-state index in [1.807, 2.05) is 6.07 Å². The number of esters is 1. The number of carbonyl (C=O) groups excluding carboxylic acids is 2. The molecule has 1 heterocycles. The topological polar surface area (TPSA) is 73.2 Å². The summed E-state index contributed by atoms with van der Waals surface area (Å²) in [6, 6.07) is 5.88. The highest BCUT2D eigenvalue weighted by atomic mass is 16.5. The van der Waals surface area contributed by atoms with Gasteiger partial charge in [0, 0.05) is 17.7 Å². The van der Waals surface area contributed by atoms with Crippen molar-refractivity contribution in [2.45, 2.75) is 33.6 Å². The van der Waals surface area contributed by atoms with Crippen molar-refractivity contribution in [3.8, 4) is 0 Å². The molecule has 2 rings (SSSR count). The fourth-order valence-corrected chi connectivity index (χ4v) is 2.59. The first-order chi connectivity index (χ1) is 12.3. The van der Waals surface area contributed by atoms with Crippen LogP contribution in [-0.2, 0) is 9.53 Å². The molecule has 1 atom stereocenters. The molecular weight excluding hydrogens is 330 g/mol. The molecule has 1 amide bonds. The van der Waals surface area contributed by atoms with Crippen LogP contribution in [0.2, 0.25) is 0 Å². The highest BCUT2D eigenvalue weighted by molar-refractivity contribution is 5.86. The van der Waals surface area contributed by atoms with Gasteiger partial charge in [-0.25, -0.2) is 14.6 Å². The molecule has 138 valence electrons. The molecule has 0 aliphatic rings. The van der Waals surface area contributed by atoms with E-state index in [4.69, 9.17) is 4.74 Å². The van der Waals surface area contributed by atoms with Crippen molar-refractivity contribution < 1.29 is 14.3 Å². The SMILES string of the molecule is C=C(C)C(=O)OCCNC(=O)n1cnc(C(C)c2cccc(C)c2C)c1. The van der Waals surface area contributed by atoms with Crippen molar-refractivity contribution >= 4 is 12.0 Å². The predicted molar refractivity (Wildman–Crippen MR) is 100 cm³/mol. The lowest BCUT2D eigenvalue weighted by Crippen LogP contribution is -2.31. The summed E-state index contributed by atoms with van der Waals surface area (Å²) in [5.74, 6) is -0.382. The molecule has 0 aliphatic carbocycles. The molecule has 1 aromatic heterocycles. The van der Waals surface area contributed by atoms with E-state index in [1.54, 1.807) is 13.1 Å². The molecule has 0 fully saturated rings. The van der Waals surface area contributed by atoms with Crippen LogP contribution in [0.25, 0.3) is 0 Å². The van der Waals surface area contributed by atoms with Gasteiger partial charge in [-0.2, -0.15) is 0 Å². The summed E-state index contributed by atoms with van der Waals surface area (Å²) in [7, 11) is 0. The summed E-state index contributed by atoms with van der Waals surface area (Å²) >= 11 is 0. The maximum absolute atomic E-state index is 12.2. The molecule has 0 saturated carbocycles. The van der Waals surface area contributed by atoms with Crippen LogP contribution in [0.3, 0.4) is 0 Å². The summed E-state index contributed by atoms with van der Waals surface area (Å²) in [4.78, 5) is 27.8. The molecule has 0 saturated heterocycles. The number of nitrogens with one attached hydrogen (secondary N) is 1. The van der Waals surface area contributed by atoms with Gasteiger partial charge < -0.3 is 10.1 Å². The summed E-state index contributed by atoms with van der Waals surface area (Å²) in [5.41, 5.74) is 4.81. The first-order valence-corrected chi connectivity index (χ1v) is 8.52. The van der Waals surface area contributed by atoms with Crippen molar-refractivity contribution in [2.75, 3.05) is 13.2 Å². The summed E-state index contributed by atoms with van der Waals surface area (Å²) in [6.07, 6.45) is 3.22. The predicted octanol–water partition coefficient (Wildman–Crippen LogP) is 3.33. The Labute approximate surface area is 153 Å². The Morgan fingerprint density at radius 3 is 2.77 bits per heavy atom. The minimum absolute atomic E-state index is 0.0838. The zero-order chi connectivity index (χ0) is 19.3. The molecule has 6 heteroatoms. The number of aryl methyl sites for hydroxylation is 1. The second-order valence-corrected chi connectivity index (χ2v) is 6.36. The maximum atomic E-state index is 12.2. The van der Waals surface area contributed by atoms with Crippen molar-refractivity contribution in [3.05, 3.63) is 65.3 Å². The Morgan fingerprint density at radius 1 is 1.35 bits per heavy atom. The van der Waals surface area contributed by atoms with E-state index in [2.05, 4.69) is 49.8 Å². The molecule has 2 aromatic rings. The normalized spacial score (nSPS) is 11.7. The molecule has 6 nitrogen and oxygen atoms in total. The van der Waals surface area contributed by atoms with Gasteiger partial charge in [-0.1, -0.05) is 31.7 Å². The Balaban J connectivity index is 1.96. The van der Waals surface area contributed by atoms with Crippen LogP contribution in [0.15, 0.2) is 42.9 Å². The average molecular weight is 355 g/mol. The number of amides is 1. The fourth-order valence-electron chi connectivity index (χ4n) is 2.59. The Kier molecular flexibility index (Phi) is 6.33. The van der Waals surface area contributed by atoms with Crippen LogP contribution < -0.4 is 5.32 Å². The highest BCUT2D eigenvalue weighted by Gasteiger charge is 2.16. The summed E-state index contributed by atoms with van der Waals surface area (Å²) in [5, 5.41) is 2.68. The largest absolute Gasteiger partial charge is 0.460 e. The van der Waals surface area contributed by atoms with Gasteiger partial charge in [0.25, 0.3) is 0 Å². The van der Waals surface area contributed by atoms with E-state index < -0.39 is 5.97 Å². The van der Waals surface area contributed by atoms with E-state index in [0.29, 0.717) is 5.57 Å². The van der Waals surface area contributed by atoms with Gasteiger partial charge >= 0.3 is 12.0 Å². The maximum Gasteiger partial charge on any atom is 0.333 e. The van der Waals surface area contributed by atoms with Crippen LogP contribution in [0.4, 0.5) is 4.79 Å². The quantitative estimate of drug-likeness (QED) is 0.490. The Hall–Kier alpha value is -2.89. The van der Waals surface area contributed by atoms with Gasteiger partial charge in [0.1, 0.15) is 12.9 Å². The van der Waals surface area contributed by atoms with E-state index in [9.17, 15) is 9.59 Å². The smallest absolute Gasteiger partial charge is 0.333 e. The molecule has 0 bridgehead atoms. The van der Waals surface area contributed by atoms with Crippen LogP contribution in [0.1, 0.15) is 42.1 Å². The first kappa shape index (κ1) is 19.4. The Bertz CT molecular complexity index is 823. The van der Waals surface area contributed by atoms with E-state index in [0.717, 1.165) is 5.69 Å². The standard InChI is InChI=1S/C20H25N3O3/c1-13(2)19(24)26-10-9-21-20(25)23-11-18(22-12-23)16(5)17-8-6-7-14(3)15(17)4/h6-8,11-12,16H,1,9-10H2,2-5H3,(H,21,25). The zero-order valence-corrected chi connectivity index (χ0v) is 15.7. The monoisotopic (exact) mass is 355 g/mol. The van der Waals surface area contributed by atoms with Gasteiger partial charge in [0.15, 0.2) is 0 Å². The second kappa shape index (κ2) is 8.47. The summed E-state index contributed by atoms with van der Waals surface area (Å²) in [6.45, 7) is 11.6. The first-order valence-electron chi connectivity index (χ1n) is 8.52. The number of nitrogens with zero attached hydrogens (tertiary/aromatic N) is 2. The van der Waals surface area contributed by atoms with Crippen molar-refractivity contribution in [3.63, 3.8) is 0 Å². The van der Waals surface area contributed by atoms with Gasteiger partial charge in [-0.3, -0.25) is 4.57 Å². The number of hydrogen-bond acceptors (Lipinski definition) is 4. The summed E-state index contributed by atoms with van der Waals surface area (Å²) < 4.78 is 6.34. The van der Waals surface area contributed by atoms with Gasteiger partial charge in [0.2, 0.25) is 0 Å². The molecule has 0 aliphatic heterocycles. The highest BCUT2D eigenvalue weighted by Crippen LogP contribution is 2.26. The van der Waals surface area contributed by atoms with E-state index in [-0.39, 0.29) is 25.1 Å². The molecule has 1 unspecified atom stereocenters. The minimum atomic E-state index is -0.466. The fraction of sp³-hybridized carbons (Fsp3) is 0.350. The lowest BCUT2D eigenvalue weighted by atomic mass is 9.92. The second-order valence-electron chi connectivity index (χ2n) is 6.36. The van der Waals surface area contributed by atoms with Crippen LogP contribution in [0, 0.1) is 13.8 Å². The zero-order valence-electron chi connectivity index (χ0n) is 15.7. The number of hydrogen-bond donors (Lipinski definition) is 1. The van der Waals surface area contributed by atoms with Gasteiger partial charge in [0.05, 0.1) is 12.2 Å². The van der Waals surface area contributed by atoms with Crippen LogP contribution >= 0.6 is 0 Å². The van der Waals surface area contributed by atoms with Crippen LogP contribution in [-0.4, -0.2) is 34.7 Å². The Morgan fingerprint density at radius 2 is 2.08 bits per heavy atom. The number of aromatic nitrogens is 2. The molecule has 0 spiro atoms. The average Bonchev–Trinajstić information content (AvgIpc) is 3.10. The van der Waals surface area contributed by atoms with Crippen LogP contribution in [0.5, 0.6) is 0 Å². The number of benzene rings is 1. The van der Waals surface area contributed by atoms with E-state index in [1.165, 1.54) is 27.6 Å². The third-order valence-corrected chi connectivity index (χ3v) is 4.35. The third-order valence-electron chi connectivity index (χ3n) is 4.35. The molecular formula is C20H25N3O3. The lowest BCUT2D eigenvalue weighted by Gasteiger charge is -2.14. The van der Waals surface area contributed by atoms with Gasteiger partial charge in [-0.05, 0) is 37.5 Å². The number of carbonyl (C=O) groups is 2. The molecule has 26 heavy (non-hydrogen) atoms. The van der Waals surface area contributed by atoms with Crippen molar-refractivity contribution in [1.29, 1.82) is 0 Å². The molecule has 0 radical (unpaired) electrons.